The Bertz CT molecular complexity index is 1290. The molecule has 0 saturated carbocycles. The van der Waals surface area contributed by atoms with Gasteiger partial charge in [0, 0.05) is 28.5 Å². The molecule has 0 spiro atoms. The molecule has 1 aliphatic heterocycles. The summed E-state index contributed by atoms with van der Waals surface area (Å²) in [5.41, 5.74) is 4.65. The van der Waals surface area contributed by atoms with Gasteiger partial charge >= 0.3 is 0 Å². The lowest BCUT2D eigenvalue weighted by molar-refractivity contribution is -0.130. The Hall–Kier alpha value is -3.91. The van der Waals surface area contributed by atoms with Crippen LogP contribution in [0.1, 0.15) is 5.69 Å². The first-order valence-corrected chi connectivity index (χ1v) is 10.7. The normalized spacial score (nSPS) is 16.2. The predicted octanol–water partition coefficient (Wildman–Crippen LogP) is 3.75. The van der Waals surface area contributed by atoms with Gasteiger partial charge in [-0.2, -0.15) is 5.10 Å². The number of morpholine rings is 1. The van der Waals surface area contributed by atoms with Crippen LogP contribution < -0.4 is 14.4 Å². The van der Waals surface area contributed by atoms with Gasteiger partial charge in [0.1, 0.15) is 36.3 Å². The highest BCUT2D eigenvalue weighted by atomic mass is 16.5. The lowest BCUT2D eigenvalue weighted by atomic mass is 10.0. The molecule has 5 rings (SSSR count). The van der Waals surface area contributed by atoms with Crippen LogP contribution in [0.2, 0.25) is 0 Å². The fraction of sp³-hybridized carbons (Fsp3) is 0.240. The summed E-state index contributed by atoms with van der Waals surface area (Å²) in [5, 5.41) is 8.11. The predicted molar refractivity (Wildman–Crippen MR) is 125 cm³/mol. The maximum absolute atomic E-state index is 12.4. The molecule has 2 aromatic carbocycles. The third kappa shape index (κ3) is 4.12. The Morgan fingerprint density at radius 1 is 1.15 bits per heavy atom. The maximum atomic E-state index is 12.4. The summed E-state index contributed by atoms with van der Waals surface area (Å²) in [6, 6.07) is 15.3. The Morgan fingerprint density at radius 2 is 2.00 bits per heavy atom. The zero-order valence-electron chi connectivity index (χ0n) is 18.4. The van der Waals surface area contributed by atoms with E-state index < -0.39 is 0 Å². The zero-order valence-corrected chi connectivity index (χ0v) is 18.4. The number of rotatable bonds is 6. The van der Waals surface area contributed by atoms with Crippen LogP contribution in [0.25, 0.3) is 22.0 Å². The van der Waals surface area contributed by atoms with Crippen molar-refractivity contribution in [2.45, 2.75) is 13.0 Å². The summed E-state index contributed by atoms with van der Waals surface area (Å²) in [6.07, 6.45) is 3.31. The number of methoxy groups -OCH3 is 1. The van der Waals surface area contributed by atoms with E-state index in [1.165, 1.54) is 0 Å². The van der Waals surface area contributed by atoms with E-state index in [0.717, 1.165) is 39.2 Å². The van der Waals surface area contributed by atoms with Gasteiger partial charge in [0.25, 0.3) is 5.91 Å². The van der Waals surface area contributed by atoms with Gasteiger partial charge in [-0.05, 0) is 55.0 Å². The second-order valence-corrected chi connectivity index (χ2v) is 7.87. The highest BCUT2D eigenvalue weighted by Crippen LogP contribution is 2.34. The fourth-order valence-electron chi connectivity index (χ4n) is 4.04. The molecule has 8 nitrogen and oxygen atoms in total. The lowest BCUT2D eigenvalue weighted by Crippen LogP contribution is -2.48. The highest BCUT2D eigenvalue weighted by molar-refractivity contribution is 5.98. The molecule has 8 heteroatoms. The quantitative estimate of drug-likeness (QED) is 0.487. The Labute approximate surface area is 191 Å². The summed E-state index contributed by atoms with van der Waals surface area (Å²) in [5.74, 6) is 1.34. The summed E-state index contributed by atoms with van der Waals surface area (Å²) in [7, 11) is 1.61. The van der Waals surface area contributed by atoms with Gasteiger partial charge in [0.05, 0.1) is 19.9 Å². The summed E-state index contributed by atoms with van der Waals surface area (Å²) in [4.78, 5) is 18.7. The van der Waals surface area contributed by atoms with Crippen LogP contribution in [0, 0.1) is 6.92 Å². The Morgan fingerprint density at radius 3 is 2.76 bits per heavy atom. The number of anilines is 1. The van der Waals surface area contributed by atoms with Gasteiger partial charge < -0.3 is 19.1 Å². The van der Waals surface area contributed by atoms with E-state index >= 15 is 0 Å². The smallest absolute Gasteiger partial charge is 0.253 e. The SMILES string of the molecule is COc1ccc(N2CC(COc3ccc(-c4cn[nH]c4C)c4cccnc34)OCC2=O)cc1. The van der Waals surface area contributed by atoms with E-state index in [-0.39, 0.29) is 18.6 Å². The van der Waals surface area contributed by atoms with Crippen LogP contribution in [0.5, 0.6) is 11.5 Å². The molecule has 168 valence electrons. The molecule has 2 aromatic heterocycles. The van der Waals surface area contributed by atoms with Crippen molar-refractivity contribution in [3.63, 3.8) is 0 Å². The van der Waals surface area contributed by atoms with E-state index in [9.17, 15) is 4.79 Å². The van der Waals surface area contributed by atoms with Gasteiger partial charge in [-0.15, -0.1) is 0 Å². The van der Waals surface area contributed by atoms with Gasteiger partial charge in [-0.1, -0.05) is 6.07 Å². The Balaban J connectivity index is 1.34. The van der Waals surface area contributed by atoms with Crippen molar-refractivity contribution in [1.29, 1.82) is 0 Å². The molecule has 33 heavy (non-hydrogen) atoms. The van der Waals surface area contributed by atoms with Gasteiger partial charge in [0.15, 0.2) is 0 Å². The van der Waals surface area contributed by atoms with Crippen LogP contribution >= 0.6 is 0 Å². The highest BCUT2D eigenvalue weighted by Gasteiger charge is 2.28. The van der Waals surface area contributed by atoms with E-state index in [1.54, 1.807) is 18.2 Å². The number of benzene rings is 2. The zero-order chi connectivity index (χ0) is 22.8. The number of nitrogens with zero attached hydrogens (tertiary/aromatic N) is 3. The van der Waals surface area contributed by atoms with E-state index in [1.807, 2.05) is 61.7 Å². The topological polar surface area (TPSA) is 89.6 Å². The second kappa shape index (κ2) is 8.91. The van der Waals surface area contributed by atoms with Gasteiger partial charge in [-0.3, -0.25) is 14.9 Å². The second-order valence-electron chi connectivity index (χ2n) is 7.87. The molecule has 1 atom stereocenters. The van der Waals surface area contributed by atoms with Crippen LogP contribution in [0.4, 0.5) is 5.69 Å². The lowest BCUT2D eigenvalue weighted by Gasteiger charge is -2.32. The number of nitrogens with one attached hydrogen (secondary N) is 1. The first-order valence-electron chi connectivity index (χ1n) is 10.7. The van der Waals surface area contributed by atoms with Crippen LogP contribution in [0.15, 0.2) is 60.9 Å². The average Bonchev–Trinajstić information content (AvgIpc) is 3.29. The van der Waals surface area contributed by atoms with Crippen molar-refractivity contribution in [2.24, 2.45) is 0 Å². The number of aromatic amines is 1. The Kier molecular flexibility index (Phi) is 5.66. The summed E-state index contributed by atoms with van der Waals surface area (Å²) < 4.78 is 17.1. The minimum atomic E-state index is -0.264. The number of amides is 1. The monoisotopic (exact) mass is 444 g/mol. The summed E-state index contributed by atoms with van der Waals surface area (Å²) in [6.45, 7) is 2.71. The molecule has 1 unspecified atom stereocenters. The average molecular weight is 444 g/mol. The van der Waals surface area contributed by atoms with E-state index in [4.69, 9.17) is 14.2 Å². The number of carbonyl (C=O) groups is 1. The fourth-order valence-corrected chi connectivity index (χ4v) is 4.04. The van der Waals surface area contributed by atoms with Crippen molar-refractivity contribution in [3.05, 3.63) is 66.6 Å². The number of pyridine rings is 1. The molecular weight excluding hydrogens is 420 g/mol. The number of hydrogen-bond donors (Lipinski definition) is 1. The van der Waals surface area contributed by atoms with Gasteiger partial charge in [-0.25, -0.2) is 0 Å². The first kappa shape index (κ1) is 21.0. The van der Waals surface area contributed by atoms with E-state index in [2.05, 4.69) is 15.2 Å². The molecule has 1 amide bonds. The number of aromatic nitrogens is 3. The number of fused-ring (bicyclic) bond motifs is 1. The number of hydrogen-bond acceptors (Lipinski definition) is 6. The third-order valence-corrected chi connectivity index (χ3v) is 5.79. The molecule has 1 saturated heterocycles. The standard InChI is InChI=1S/C25H24N4O4/c1-16-22(12-27-28-16)20-9-10-23(25-21(20)4-3-11-26-25)33-14-19-13-29(24(30)15-32-19)17-5-7-18(31-2)8-6-17/h3-12,19H,13-15H2,1-2H3,(H,27,28). The molecule has 0 aliphatic carbocycles. The molecule has 0 radical (unpaired) electrons. The van der Waals surface area contributed by atoms with Crippen molar-refractivity contribution in [2.75, 3.05) is 31.8 Å². The third-order valence-electron chi connectivity index (χ3n) is 5.79. The minimum Gasteiger partial charge on any atom is -0.497 e. The first-order chi connectivity index (χ1) is 16.1. The van der Waals surface area contributed by atoms with Crippen LogP contribution in [0.3, 0.4) is 0 Å². The molecule has 0 bridgehead atoms. The van der Waals surface area contributed by atoms with Crippen molar-refractivity contribution in [1.82, 2.24) is 15.2 Å². The van der Waals surface area contributed by atoms with Crippen LogP contribution in [-0.4, -0.2) is 54.1 Å². The molecule has 1 N–H and O–H groups in total. The minimum absolute atomic E-state index is 0.0117. The van der Waals surface area contributed by atoms with Crippen molar-refractivity contribution in [3.8, 4) is 22.6 Å². The molecule has 4 aromatic rings. The molecular formula is C25H24N4O4. The number of ether oxygens (including phenoxy) is 3. The van der Waals surface area contributed by atoms with Gasteiger partial charge in [0.2, 0.25) is 0 Å². The number of H-pyrrole nitrogens is 1. The van der Waals surface area contributed by atoms with Crippen LogP contribution in [-0.2, 0) is 9.53 Å². The molecule has 3 heterocycles. The largest absolute Gasteiger partial charge is 0.497 e. The van der Waals surface area contributed by atoms with E-state index in [0.29, 0.717) is 18.9 Å². The number of carbonyl (C=O) groups excluding carboxylic acids is 1. The summed E-state index contributed by atoms with van der Waals surface area (Å²) >= 11 is 0. The maximum Gasteiger partial charge on any atom is 0.253 e. The van der Waals surface area contributed by atoms with Crippen molar-refractivity contribution >= 4 is 22.5 Å². The number of aryl methyl sites for hydroxylation is 1. The van der Waals surface area contributed by atoms with Crippen molar-refractivity contribution < 1.29 is 19.0 Å². The molecule has 1 aliphatic rings. The molecule has 1 fully saturated rings.